The minimum atomic E-state index is -4.41. The summed E-state index contributed by atoms with van der Waals surface area (Å²) in [4.78, 5) is 33.9. The molecule has 2 unspecified atom stereocenters. The van der Waals surface area contributed by atoms with Crippen molar-refractivity contribution in [2.75, 3.05) is 26.4 Å². The highest BCUT2D eigenvalue weighted by Crippen LogP contribution is 2.42. The Morgan fingerprint density at radius 3 is 1.18 bits per heavy atom. The second-order valence-corrected chi connectivity index (χ2v) is 17.6. The number of ether oxygens (including phenoxy) is 1. The molecule has 0 aliphatic heterocycles. The Morgan fingerprint density at radius 1 is 0.491 bits per heavy atom. The molecule has 0 radical (unpaired) electrons. The predicted molar refractivity (Wildman–Crippen MR) is 229 cm³/mol. The number of carbonyl (C=O) groups is 2. The number of esters is 1. The zero-order valence-corrected chi connectivity index (χ0v) is 37.0. The van der Waals surface area contributed by atoms with E-state index >= 15 is 0 Å². The van der Waals surface area contributed by atoms with Crippen molar-refractivity contribution in [2.24, 2.45) is 0 Å². The molecule has 0 aromatic rings. The van der Waals surface area contributed by atoms with E-state index in [1.807, 2.05) is 0 Å². The third kappa shape index (κ3) is 44.0. The van der Waals surface area contributed by atoms with Crippen molar-refractivity contribution < 1.29 is 37.9 Å². The number of rotatable bonds is 45. The number of phosphoric acid groups is 1. The molecule has 328 valence electrons. The first-order valence-electron chi connectivity index (χ1n) is 23.5. The van der Waals surface area contributed by atoms with E-state index in [0.29, 0.717) is 6.42 Å². The molecule has 55 heavy (non-hydrogen) atoms. The van der Waals surface area contributed by atoms with Crippen molar-refractivity contribution in [1.29, 1.82) is 0 Å². The van der Waals surface area contributed by atoms with Gasteiger partial charge in [0.1, 0.15) is 12.7 Å². The lowest BCUT2D eigenvalue weighted by atomic mass is 10.0. The topological polar surface area (TPSA) is 131 Å². The summed E-state index contributed by atoms with van der Waals surface area (Å²) in [6.07, 6.45) is 43.4. The van der Waals surface area contributed by atoms with Crippen LogP contribution in [0, 0.1) is 0 Å². The minimum absolute atomic E-state index is 0.0886. The van der Waals surface area contributed by atoms with Crippen LogP contribution in [-0.4, -0.2) is 54.3 Å². The van der Waals surface area contributed by atoms with E-state index in [-0.39, 0.29) is 32.1 Å². The lowest BCUT2D eigenvalue weighted by Gasteiger charge is -2.15. The van der Waals surface area contributed by atoms with Crippen LogP contribution in [0.15, 0.2) is 0 Å². The standard InChI is InChI=1S/C45H90NO8P/c1-3-5-7-9-11-13-15-16-17-18-19-20-21-22-23-24-25-26-27-28-29-31-33-35-37-44(48)46-39-40-53-55(50,51)54-42-43(47)41-52-45(49)38-36-34-32-30-14-12-10-8-6-4-2/h43,47H,3-42H2,1-2H3,(H,46,48)(H,50,51). The maximum Gasteiger partial charge on any atom is 0.472 e. The Hall–Kier alpha value is -0.990. The first kappa shape index (κ1) is 54.0. The zero-order valence-electron chi connectivity index (χ0n) is 36.2. The van der Waals surface area contributed by atoms with Crippen LogP contribution in [0.5, 0.6) is 0 Å². The molecule has 0 spiro atoms. The van der Waals surface area contributed by atoms with E-state index in [4.69, 9.17) is 13.8 Å². The average molecular weight is 804 g/mol. The first-order chi connectivity index (χ1) is 26.8. The largest absolute Gasteiger partial charge is 0.472 e. The molecule has 0 bridgehead atoms. The first-order valence-corrected chi connectivity index (χ1v) is 25.0. The number of nitrogens with one attached hydrogen (secondary N) is 1. The number of aliphatic hydroxyl groups excluding tert-OH is 1. The summed E-state index contributed by atoms with van der Waals surface area (Å²) < 4.78 is 26.8. The molecule has 0 aliphatic carbocycles. The number of amides is 1. The van der Waals surface area contributed by atoms with Gasteiger partial charge < -0.3 is 20.1 Å². The van der Waals surface area contributed by atoms with Crippen LogP contribution < -0.4 is 5.32 Å². The molecular weight excluding hydrogens is 713 g/mol. The lowest BCUT2D eigenvalue weighted by Crippen LogP contribution is -2.27. The molecule has 0 heterocycles. The maximum atomic E-state index is 12.1. The average Bonchev–Trinajstić information content (AvgIpc) is 3.17. The van der Waals surface area contributed by atoms with Gasteiger partial charge in [-0.1, -0.05) is 219 Å². The Bertz CT molecular complexity index is 876. The zero-order chi connectivity index (χ0) is 40.3. The van der Waals surface area contributed by atoms with Gasteiger partial charge in [-0.2, -0.15) is 0 Å². The van der Waals surface area contributed by atoms with Gasteiger partial charge in [0.25, 0.3) is 0 Å². The number of hydrogen-bond donors (Lipinski definition) is 3. The molecule has 10 heteroatoms. The highest BCUT2D eigenvalue weighted by atomic mass is 31.2. The number of unbranched alkanes of at least 4 members (excludes halogenated alkanes) is 32. The smallest absolute Gasteiger partial charge is 0.463 e. The number of phosphoric ester groups is 1. The summed E-state index contributed by atoms with van der Waals surface area (Å²) in [5.74, 6) is -0.505. The summed E-state index contributed by atoms with van der Waals surface area (Å²) >= 11 is 0. The summed E-state index contributed by atoms with van der Waals surface area (Å²) in [7, 11) is -4.41. The molecule has 0 fully saturated rings. The molecule has 0 aliphatic rings. The van der Waals surface area contributed by atoms with Crippen LogP contribution in [0.3, 0.4) is 0 Å². The molecule has 0 saturated carbocycles. The third-order valence-electron chi connectivity index (χ3n) is 10.5. The van der Waals surface area contributed by atoms with Gasteiger partial charge in [-0.15, -0.1) is 0 Å². The van der Waals surface area contributed by atoms with Crippen molar-refractivity contribution in [2.45, 2.75) is 251 Å². The fraction of sp³-hybridized carbons (Fsp3) is 0.956. The molecule has 0 rings (SSSR count). The van der Waals surface area contributed by atoms with Crippen LogP contribution in [-0.2, 0) is 27.9 Å². The van der Waals surface area contributed by atoms with Gasteiger partial charge in [0.05, 0.1) is 13.2 Å². The van der Waals surface area contributed by atoms with E-state index < -0.39 is 26.5 Å². The van der Waals surface area contributed by atoms with Gasteiger partial charge in [0, 0.05) is 19.4 Å². The summed E-state index contributed by atoms with van der Waals surface area (Å²) in [5.41, 5.74) is 0. The molecule has 0 aromatic heterocycles. The summed E-state index contributed by atoms with van der Waals surface area (Å²) in [6, 6.07) is 0. The fourth-order valence-electron chi connectivity index (χ4n) is 6.97. The summed E-state index contributed by atoms with van der Waals surface area (Å²) in [5, 5.41) is 12.7. The molecule has 2 atom stereocenters. The predicted octanol–water partition coefficient (Wildman–Crippen LogP) is 13.2. The second kappa shape index (κ2) is 42.6. The third-order valence-corrected chi connectivity index (χ3v) is 11.5. The highest BCUT2D eigenvalue weighted by Gasteiger charge is 2.23. The molecule has 0 saturated heterocycles. The van der Waals surface area contributed by atoms with Crippen molar-refractivity contribution in [1.82, 2.24) is 5.32 Å². The van der Waals surface area contributed by atoms with Crippen LogP contribution >= 0.6 is 7.82 Å². The Balaban J connectivity index is 3.47. The monoisotopic (exact) mass is 804 g/mol. The van der Waals surface area contributed by atoms with Crippen LogP contribution in [0.4, 0.5) is 0 Å². The van der Waals surface area contributed by atoms with Gasteiger partial charge >= 0.3 is 13.8 Å². The quantitative estimate of drug-likeness (QED) is 0.0315. The SMILES string of the molecule is CCCCCCCCCCCCCCCCCCCCCCCCCCC(=O)NCCOP(=O)(O)OCC(O)COC(=O)CCCCCCCCCCCC. The van der Waals surface area contributed by atoms with Gasteiger partial charge in [-0.3, -0.25) is 18.6 Å². The molecule has 3 N–H and O–H groups in total. The van der Waals surface area contributed by atoms with E-state index in [2.05, 4.69) is 19.2 Å². The number of hydrogen-bond acceptors (Lipinski definition) is 7. The van der Waals surface area contributed by atoms with E-state index in [1.165, 1.54) is 180 Å². The fourth-order valence-corrected chi connectivity index (χ4v) is 7.73. The molecule has 1 amide bonds. The normalized spacial score (nSPS) is 13.2. The van der Waals surface area contributed by atoms with Gasteiger partial charge in [0.15, 0.2) is 0 Å². The summed E-state index contributed by atoms with van der Waals surface area (Å²) in [6.45, 7) is 3.58. The van der Waals surface area contributed by atoms with Crippen LogP contribution in [0.1, 0.15) is 245 Å². The Morgan fingerprint density at radius 2 is 0.818 bits per heavy atom. The van der Waals surface area contributed by atoms with Crippen molar-refractivity contribution in [3.63, 3.8) is 0 Å². The van der Waals surface area contributed by atoms with E-state index in [0.717, 1.165) is 38.5 Å². The molecule has 0 aromatic carbocycles. The van der Waals surface area contributed by atoms with Crippen molar-refractivity contribution in [3.05, 3.63) is 0 Å². The maximum absolute atomic E-state index is 12.1. The van der Waals surface area contributed by atoms with Gasteiger partial charge in [-0.25, -0.2) is 4.57 Å². The van der Waals surface area contributed by atoms with E-state index in [9.17, 15) is 24.2 Å². The lowest BCUT2D eigenvalue weighted by molar-refractivity contribution is -0.147. The Labute approximate surface area is 339 Å². The van der Waals surface area contributed by atoms with Crippen molar-refractivity contribution >= 4 is 19.7 Å². The number of carbonyl (C=O) groups excluding carboxylic acids is 2. The van der Waals surface area contributed by atoms with Gasteiger partial charge in [-0.05, 0) is 12.8 Å². The number of aliphatic hydroxyl groups is 1. The minimum Gasteiger partial charge on any atom is -0.463 e. The molecular formula is C45H90NO8P. The van der Waals surface area contributed by atoms with E-state index in [1.54, 1.807) is 0 Å². The molecule has 9 nitrogen and oxygen atoms in total. The van der Waals surface area contributed by atoms with Crippen LogP contribution in [0.2, 0.25) is 0 Å². The van der Waals surface area contributed by atoms with Crippen molar-refractivity contribution in [3.8, 4) is 0 Å². The second-order valence-electron chi connectivity index (χ2n) is 16.1. The highest BCUT2D eigenvalue weighted by molar-refractivity contribution is 7.47. The Kier molecular flexibility index (Phi) is 41.8. The van der Waals surface area contributed by atoms with Gasteiger partial charge in [0.2, 0.25) is 5.91 Å². The van der Waals surface area contributed by atoms with Crippen LogP contribution in [0.25, 0.3) is 0 Å².